The number of nitrogens with one attached hydrogen (secondary N) is 2. The number of rotatable bonds is 4. The number of hydrogen-bond acceptors (Lipinski definition) is 3. The van der Waals surface area contributed by atoms with Crippen LogP contribution in [-0.4, -0.2) is 25.4 Å². The summed E-state index contributed by atoms with van der Waals surface area (Å²) in [5.74, 6) is 0.329. The molecule has 0 fully saturated rings. The maximum absolute atomic E-state index is 11.9. The molecule has 0 unspecified atom stereocenters. The average Bonchev–Trinajstić information content (AvgIpc) is 2.33. The summed E-state index contributed by atoms with van der Waals surface area (Å²) in [4.78, 5) is 11.2. The normalized spacial score (nSPS) is 10.4. The monoisotopic (exact) mass is 273 g/mol. The van der Waals surface area contributed by atoms with E-state index in [1.54, 1.807) is 17.5 Å². The van der Waals surface area contributed by atoms with Crippen molar-refractivity contribution in [1.82, 2.24) is 5.32 Å². The van der Waals surface area contributed by atoms with E-state index in [1.807, 2.05) is 0 Å². The van der Waals surface area contributed by atoms with Gasteiger partial charge in [0.25, 0.3) is 0 Å². The number of carbonyl (C=O) groups excluding carboxylic acids is 1. The maximum Gasteiger partial charge on any atom is 0.405 e. The molecule has 0 aliphatic rings. The van der Waals surface area contributed by atoms with Crippen LogP contribution in [0.5, 0.6) is 5.75 Å². The first-order valence-corrected chi connectivity index (χ1v) is 5.12. The molecule has 0 radical (unpaired) electrons. The number of benzene rings is 1. The lowest BCUT2D eigenvalue weighted by Crippen LogP contribution is -2.36. The summed E-state index contributed by atoms with van der Waals surface area (Å²) in [6, 6.07) is 6.75. The topological polar surface area (TPSA) is 74.1 Å². The third kappa shape index (κ3) is 6.16. The highest BCUT2D eigenvalue weighted by Crippen LogP contribution is 2.17. The van der Waals surface area contributed by atoms with Crippen LogP contribution in [0.3, 0.4) is 0 Å². The van der Waals surface area contributed by atoms with Gasteiger partial charge in [-0.25, -0.2) is 4.79 Å². The Labute approximate surface area is 107 Å². The van der Waals surface area contributed by atoms with Crippen LogP contribution in [-0.2, 0) is 0 Å². The number of anilines is 1. The summed E-state index contributed by atoms with van der Waals surface area (Å²) in [5.41, 5.74) is 0.259. The van der Waals surface area contributed by atoms with Crippen molar-refractivity contribution >= 4 is 11.7 Å². The van der Waals surface area contributed by atoms with Crippen LogP contribution in [0.25, 0.3) is 0 Å². The molecule has 19 heavy (non-hydrogen) atoms. The summed E-state index contributed by atoms with van der Waals surface area (Å²) in [6.07, 6.45) is -4.46. The van der Waals surface area contributed by atoms with Crippen LogP contribution in [0.4, 0.5) is 23.7 Å². The molecule has 0 saturated heterocycles. The molecule has 0 atom stereocenters. The Bertz CT molecular complexity index is 483. The molecule has 0 aliphatic carbocycles. The molecule has 2 amide bonds. The minimum absolute atomic E-state index is 0.163. The molecule has 8 heteroatoms. The molecule has 2 N–H and O–H groups in total. The Morgan fingerprint density at radius 1 is 1.42 bits per heavy atom. The Hall–Kier alpha value is -2.43. The van der Waals surface area contributed by atoms with Gasteiger partial charge in [0.1, 0.15) is 18.4 Å². The van der Waals surface area contributed by atoms with E-state index >= 15 is 0 Å². The Morgan fingerprint density at radius 3 is 2.79 bits per heavy atom. The van der Waals surface area contributed by atoms with Crippen LogP contribution in [0, 0.1) is 11.3 Å². The largest absolute Gasteiger partial charge is 0.479 e. The lowest BCUT2D eigenvalue weighted by Gasteiger charge is -2.10. The second-order valence-corrected chi connectivity index (χ2v) is 3.40. The van der Waals surface area contributed by atoms with E-state index in [-0.39, 0.29) is 12.3 Å². The van der Waals surface area contributed by atoms with Crippen molar-refractivity contribution in [3.05, 3.63) is 24.3 Å². The van der Waals surface area contributed by atoms with Crippen molar-refractivity contribution in [3.63, 3.8) is 0 Å². The lowest BCUT2D eigenvalue weighted by molar-refractivity contribution is -0.122. The first kappa shape index (κ1) is 14.6. The molecule has 1 rings (SSSR count). The molecular weight excluding hydrogens is 263 g/mol. The predicted octanol–water partition coefficient (Wildman–Crippen LogP) is 2.27. The molecule has 1 aromatic rings. The number of halogens is 3. The van der Waals surface area contributed by atoms with Crippen LogP contribution < -0.4 is 15.4 Å². The van der Waals surface area contributed by atoms with E-state index in [1.165, 1.54) is 18.2 Å². The number of carbonyl (C=O) groups is 1. The molecule has 0 aromatic heterocycles. The highest BCUT2D eigenvalue weighted by Gasteiger charge is 2.27. The van der Waals surface area contributed by atoms with Gasteiger partial charge in [0.2, 0.25) is 0 Å². The average molecular weight is 273 g/mol. The highest BCUT2D eigenvalue weighted by atomic mass is 19.4. The predicted molar refractivity (Wildman–Crippen MR) is 60.6 cm³/mol. The van der Waals surface area contributed by atoms with Crippen molar-refractivity contribution < 1.29 is 22.7 Å². The summed E-state index contributed by atoms with van der Waals surface area (Å²) in [7, 11) is 0. The van der Waals surface area contributed by atoms with Crippen molar-refractivity contribution in [2.45, 2.75) is 6.18 Å². The molecular formula is C11H10F3N3O2. The van der Waals surface area contributed by atoms with Crippen molar-refractivity contribution in [3.8, 4) is 11.8 Å². The summed E-state index contributed by atoms with van der Waals surface area (Å²) >= 11 is 0. The van der Waals surface area contributed by atoms with Gasteiger partial charge in [-0.3, -0.25) is 0 Å². The Balaban J connectivity index is 2.52. The zero-order chi connectivity index (χ0) is 14.3. The third-order valence-electron chi connectivity index (χ3n) is 1.84. The van der Waals surface area contributed by atoms with Crippen LogP contribution in [0.1, 0.15) is 0 Å². The first-order valence-electron chi connectivity index (χ1n) is 5.12. The van der Waals surface area contributed by atoms with E-state index in [2.05, 4.69) is 5.32 Å². The minimum atomic E-state index is -4.46. The van der Waals surface area contributed by atoms with Gasteiger partial charge in [0, 0.05) is 11.8 Å². The van der Waals surface area contributed by atoms with E-state index in [0.717, 1.165) is 0 Å². The number of amides is 2. The zero-order valence-corrected chi connectivity index (χ0v) is 9.62. The van der Waals surface area contributed by atoms with Crippen LogP contribution >= 0.6 is 0 Å². The molecule has 102 valence electrons. The fraction of sp³-hybridized carbons (Fsp3) is 0.273. The van der Waals surface area contributed by atoms with Gasteiger partial charge in [-0.2, -0.15) is 18.4 Å². The van der Waals surface area contributed by atoms with Gasteiger partial charge in [0.15, 0.2) is 6.61 Å². The molecule has 0 heterocycles. The standard InChI is InChI=1S/C11H10F3N3O2/c12-11(13,14)7-16-10(18)17-8-2-1-3-9(6-8)19-5-4-15/h1-3,6H,5,7H2,(H2,16,17,18). The second-order valence-electron chi connectivity index (χ2n) is 3.40. The SMILES string of the molecule is N#CCOc1cccc(NC(=O)NCC(F)(F)F)c1. The van der Waals surface area contributed by atoms with Gasteiger partial charge in [-0.15, -0.1) is 0 Å². The lowest BCUT2D eigenvalue weighted by atomic mass is 10.3. The zero-order valence-electron chi connectivity index (χ0n) is 9.62. The highest BCUT2D eigenvalue weighted by molar-refractivity contribution is 5.89. The molecule has 0 bridgehead atoms. The molecule has 0 spiro atoms. The van der Waals surface area contributed by atoms with Gasteiger partial charge in [-0.1, -0.05) is 6.07 Å². The van der Waals surface area contributed by atoms with Crippen molar-refractivity contribution in [2.24, 2.45) is 0 Å². The number of alkyl halides is 3. The molecule has 0 saturated carbocycles. The van der Waals surface area contributed by atoms with Gasteiger partial charge in [0.05, 0.1) is 0 Å². The second kappa shape index (κ2) is 6.49. The summed E-state index contributed by atoms with van der Waals surface area (Å²) < 4.78 is 40.6. The van der Waals surface area contributed by atoms with Crippen LogP contribution in [0.2, 0.25) is 0 Å². The van der Waals surface area contributed by atoms with E-state index in [9.17, 15) is 18.0 Å². The van der Waals surface area contributed by atoms with E-state index < -0.39 is 18.8 Å². The maximum atomic E-state index is 11.9. The third-order valence-corrected chi connectivity index (χ3v) is 1.84. The van der Waals surface area contributed by atoms with Gasteiger partial charge >= 0.3 is 12.2 Å². The number of ether oxygens (including phenoxy) is 1. The van der Waals surface area contributed by atoms with Gasteiger partial charge < -0.3 is 15.4 Å². The molecule has 1 aromatic carbocycles. The van der Waals surface area contributed by atoms with Crippen LogP contribution in [0.15, 0.2) is 24.3 Å². The summed E-state index contributed by atoms with van der Waals surface area (Å²) in [5, 5.41) is 12.2. The fourth-order valence-electron chi connectivity index (χ4n) is 1.14. The number of urea groups is 1. The summed E-state index contributed by atoms with van der Waals surface area (Å²) in [6.45, 7) is -1.58. The Morgan fingerprint density at radius 2 is 2.16 bits per heavy atom. The molecule has 5 nitrogen and oxygen atoms in total. The molecule has 0 aliphatic heterocycles. The smallest absolute Gasteiger partial charge is 0.405 e. The van der Waals surface area contributed by atoms with Gasteiger partial charge in [-0.05, 0) is 12.1 Å². The number of nitriles is 1. The first-order chi connectivity index (χ1) is 8.90. The fourth-order valence-corrected chi connectivity index (χ4v) is 1.14. The van der Waals surface area contributed by atoms with Crippen molar-refractivity contribution in [2.75, 3.05) is 18.5 Å². The van der Waals surface area contributed by atoms with Crippen molar-refractivity contribution in [1.29, 1.82) is 5.26 Å². The minimum Gasteiger partial charge on any atom is -0.479 e. The Kier molecular flexibility index (Phi) is 5.00. The van der Waals surface area contributed by atoms with E-state index in [4.69, 9.17) is 10.00 Å². The number of hydrogen-bond donors (Lipinski definition) is 2. The number of nitrogens with zero attached hydrogens (tertiary/aromatic N) is 1. The van der Waals surface area contributed by atoms with E-state index in [0.29, 0.717) is 5.75 Å². The quantitative estimate of drug-likeness (QED) is 0.883.